The lowest BCUT2D eigenvalue weighted by molar-refractivity contribution is 0.171. The minimum absolute atomic E-state index is 0.209. The fourth-order valence-electron chi connectivity index (χ4n) is 2.63. The Morgan fingerprint density at radius 3 is 2.44 bits per heavy atom. The predicted molar refractivity (Wildman–Crippen MR) is 97.7 cm³/mol. The van der Waals surface area contributed by atoms with Gasteiger partial charge < -0.3 is 24.8 Å². The van der Waals surface area contributed by atoms with E-state index < -0.39 is 0 Å². The average Bonchev–Trinajstić information content (AvgIpc) is 2.58. The number of rotatable bonds is 10. The molecule has 2 rings (SSSR count). The maximum atomic E-state index is 11.5. The molecule has 0 unspecified atom stereocenters. The van der Waals surface area contributed by atoms with Crippen molar-refractivity contribution < 1.29 is 19.0 Å². The lowest BCUT2D eigenvalue weighted by Gasteiger charge is -2.26. The summed E-state index contributed by atoms with van der Waals surface area (Å²) in [4.78, 5) is 11.5. The summed E-state index contributed by atoms with van der Waals surface area (Å²) in [6.07, 6.45) is 6.04. The van der Waals surface area contributed by atoms with Crippen LogP contribution in [0.15, 0.2) is 24.8 Å². The van der Waals surface area contributed by atoms with Crippen molar-refractivity contribution in [3.8, 4) is 17.2 Å². The van der Waals surface area contributed by atoms with Gasteiger partial charge in [-0.1, -0.05) is 12.5 Å². The van der Waals surface area contributed by atoms with Crippen molar-refractivity contribution in [2.45, 2.75) is 25.7 Å². The third-order valence-electron chi connectivity index (χ3n) is 4.31. The topological polar surface area (TPSA) is 68.8 Å². The normalized spacial score (nSPS) is 13.5. The number of carbonyl (C=O) groups excluding carboxylic acids is 1. The smallest absolute Gasteiger partial charge is 0.315 e. The van der Waals surface area contributed by atoms with Crippen molar-refractivity contribution in [3.05, 3.63) is 30.4 Å². The molecule has 2 N–H and O–H groups in total. The molecule has 0 saturated heterocycles. The van der Waals surface area contributed by atoms with Crippen molar-refractivity contribution in [3.63, 3.8) is 0 Å². The number of ether oxygens (including phenoxy) is 3. The van der Waals surface area contributed by atoms with Crippen LogP contribution in [0.5, 0.6) is 17.2 Å². The van der Waals surface area contributed by atoms with Gasteiger partial charge in [-0.25, -0.2) is 4.79 Å². The van der Waals surface area contributed by atoms with Gasteiger partial charge in [-0.05, 0) is 42.9 Å². The maximum absolute atomic E-state index is 11.5. The molecule has 1 aliphatic rings. The Labute approximate surface area is 149 Å². The molecule has 0 aromatic heterocycles. The van der Waals surface area contributed by atoms with Gasteiger partial charge in [-0.15, -0.1) is 6.58 Å². The van der Waals surface area contributed by atoms with E-state index in [1.54, 1.807) is 20.3 Å². The molecule has 25 heavy (non-hydrogen) atoms. The molecule has 0 aliphatic heterocycles. The molecule has 138 valence electrons. The van der Waals surface area contributed by atoms with Crippen LogP contribution >= 0.6 is 0 Å². The van der Waals surface area contributed by atoms with Crippen molar-refractivity contribution in [1.29, 1.82) is 0 Å². The van der Waals surface area contributed by atoms with E-state index >= 15 is 0 Å². The quantitative estimate of drug-likeness (QED) is 0.638. The van der Waals surface area contributed by atoms with Crippen LogP contribution in [0.3, 0.4) is 0 Å². The largest absolute Gasteiger partial charge is 0.493 e. The molecular weight excluding hydrogens is 320 g/mol. The summed E-state index contributed by atoms with van der Waals surface area (Å²) in [5.41, 5.74) is 1.01. The summed E-state index contributed by atoms with van der Waals surface area (Å²) in [5.74, 6) is 2.60. The fraction of sp³-hybridized carbons (Fsp3) is 0.526. The van der Waals surface area contributed by atoms with Crippen molar-refractivity contribution in [2.75, 3.05) is 33.9 Å². The van der Waals surface area contributed by atoms with E-state index in [9.17, 15) is 4.79 Å². The zero-order chi connectivity index (χ0) is 18.1. The molecule has 0 atom stereocenters. The molecule has 1 aliphatic carbocycles. The first-order chi connectivity index (χ1) is 12.2. The lowest BCUT2D eigenvalue weighted by Crippen LogP contribution is -2.36. The van der Waals surface area contributed by atoms with Crippen molar-refractivity contribution >= 4 is 6.03 Å². The molecule has 2 amide bonds. The number of carbonyl (C=O) groups is 1. The first-order valence-corrected chi connectivity index (χ1v) is 8.68. The monoisotopic (exact) mass is 348 g/mol. The number of nitrogens with one attached hydrogen (secondary N) is 2. The van der Waals surface area contributed by atoms with Gasteiger partial charge in [0.25, 0.3) is 0 Å². The highest BCUT2D eigenvalue weighted by atomic mass is 16.5. The summed E-state index contributed by atoms with van der Waals surface area (Å²) in [6, 6.07) is 3.66. The third kappa shape index (κ3) is 5.59. The van der Waals surface area contributed by atoms with Crippen molar-refractivity contribution in [2.24, 2.45) is 5.92 Å². The van der Waals surface area contributed by atoms with Crippen LogP contribution in [0.2, 0.25) is 0 Å². The van der Waals surface area contributed by atoms with Crippen molar-refractivity contribution in [1.82, 2.24) is 10.6 Å². The minimum atomic E-state index is -0.209. The van der Waals surface area contributed by atoms with E-state index in [4.69, 9.17) is 14.2 Å². The zero-order valence-electron chi connectivity index (χ0n) is 15.1. The Morgan fingerprint density at radius 1 is 1.24 bits per heavy atom. The average molecular weight is 348 g/mol. The Morgan fingerprint density at radius 2 is 1.92 bits per heavy atom. The second-order valence-electron chi connectivity index (χ2n) is 6.11. The molecule has 0 heterocycles. The van der Waals surface area contributed by atoms with Gasteiger partial charge in [0.05, 0.1) is 20.8 Å². The van der Waals surface area contributed by atoms with E-state index in [0.29, 0.717) is 49.3 Å². The predicted octanol–water partition coefficient (Wildman–Crippen LogP) is 2.91. The van der Waals surface area contributed by atoms with Crippen LogP contribution < -0.4 is 24.8 Å². The second kappa shape index (κ2) is 9.81. The zero-order valence-corrected chi connectivity index (χ0v) is 15.1. The number of methoxy groups -OCH3 is 2. The molecule has 6 nitrogen and oxygen atoms in total. The van der Waals surface area contributed by atoms with Gasteiger partial charge in [0, 0.05) is 13.1 Å². The van der Waals surface area contributed by atoms with E-state index in [2.05, 4.69) is 17.2 Å². The number of urea groups is 1. The Hall–Kier alpha value is -2.37. The van der Waals surface area contributed by atoms with Crippen LogP contribution in [-0.2, 0) is 6.42 Å². The number of hydrogen-bond donors (Lipinski definition) is 2. The van der Waals surface area contributed by atoms with Gasteiger partial charge in [-0.2, -0.15) is 0 Å². The molecule has 1 saturated carbocycles. The summed E-state index contributed by atoms with van der Waals surface area (Å²) < 4.78 is 16.9. The van der Waals surface area contributed by atoms with Gasteiger partial charge >= 0.3 is 6.03 Å². The molecule has 1 fully saturated rings. The molecule has 0 spiro atoms. The van der Waals surface area contributed by atoms with Crippen LogP contribution in [0, 0.1) is 5.92 Å². The molecular formula is C19H28N2O4. The summed E-state index contributed by atoms with van der Waals surface area (Å²) in [7, 11) is 3.24. The Kier molecular flexibility index (Phi) is 7.44. The molecule has 0 bridgehead atoms. The number of hydrogen-bond acceptors (Lipinski definition) is 4. The second-order valence-corrected chi connectivity index (χ2v) is 6.11. The van der Waals surface area contributed by atoms with Gasteiger partial charge in [0.2, 0.25) is 5.75 Å². The highest BCUT2D eigenvalue weighted by Gasteiger charge is 2.21. The first kappa shape index (κ1) is 19.0. The minimum Gasteiger partial charge on any atom is -0.493 e. The molecule has 1 aromatic carbocycles. The fourth-order valence-corrected chi connectivity index (χ4v) is 2.63. The lowest BCUT2D eigenvalue weighted by atomic mass is 9.86. The number of benzene rings is 1. The van der Waals surface area contributed by atoms with E-state index in [0.717, 1.165) is 5.56 Å². The number of amides is 2. The molecule has 0 radical (unpaired) electrons. The van der Waals surface area contributed by atoms with E-state index in [1.807, 2.05) is 12.1 Å². The van der Waals surface area contributed by atoms with Crippen LogP contribution in [0.4, 0.5) is 4.79 Å². The SMILES string of the molecule is C=CCNC(=O)NCCc1cc(OC)c(OCC2CCC2)c(OC)c1. The van der Waals surface area contributed by atoms with Gasteiger partial charge in [0.1, 0.15) is 0 Å². The highest BCUT2D eigenvalue weighted by Crippen LogP contribution is 2.40. The summed E-state index contributed by atoms with van der Waals surface area (Å²) in [6.45, 7) is 5.21. The van der Waals surface area contributed by atoms with E-state index in [-0.39, 0.29) is 6.03 Å². The third-order valence-corrected chi connectivity index (χ3v) is 4.31. The molecule has 6 heteroatoms. The Bertz CT molecular complexity index is 560. The van der Waals surface area contributed by atoms with Crippen LogP contribution in [0.25, 0.3) is 0 Å². The Balaban J connectivity index is 1.96. The van der Waals surface area contributed by atoms with Crippen LogP contribution in [0.1, 0.15) is 24.8 Å². The van der Waals surface area contributed by atoms with Gasteiger partial charge in [0.15, 0.2) is 11.5 Å². The standard InChI is InChI=1S/C19H28N2O4/c1-4-9-20-19(22)21-10-8-15-11-16(23-2)18(17(12-15)24-3)25-13-14-6-5-7-14/h4,11-12,14H,1,5-10,13H2,2-3H3,(H2,20,21,22). The first-order valence-electron chi connectivity index (χ1n) is 8.68. The maximum Gasteiger partial charge on any atom is 0.315 e. The van der Waals surface area contributed by atoms with Crippen LogP contribution in [-0.4, -0.2) is 39.9 Å². The van der Waals surface area contributed by atoms with Gasteiger partial charge in [-0.3, -0.25) is 0 Å². The highest BCUT2D eigenvalue weighted by molar-refractivity contribution is 5.73. The van der Waals surface area contributed by atoms with E-state index in [1.165, 1.54) is 19.3 Å². The summed E-state index contributed by atoms with van der Waals surface area (Å²) >= 11 is 0. The molecule has 1 aromatic rings. The summed E-state index contributed by atoms with van der Waals surface area (Å²) in [5, 5.41) is 5.47.